The van der Waals surface area contributed by atoms with E-state index in [0.29, 0.717) is 23.2 Å². The zero-order valence-electron chi connectivity index (χ0n) is 22.2. The van der Waals surface area contributed by atoms with Gasteiger partial charge in [-0.3, -0.25) is 4.79 Å². The molecule has 0 aliphatic heterocycles. The molecule has 0 aliphatic carbocycles. The second-order valence-corrected chi connectivity index (χ2v) is 9.91. The molecule has 9 nitrogen and oxygen atoms in total. The Balaban J connectivity index is 1.58. The molecular weight excluding hydrogens is 502 g/mol. The third kappa shape index (κ3) is 6.28. The van der Waals surface area contributed by atoms with Crippen molar-refractivity contribution >= 4 is 17.6 Å². The first-order chi connectivity index (χ1) is 18.4. The fourth-order valence-electron chi connectivity index (χ4n) is 4.49. The van der Waals surface area contributed by atoms with E-state index in [0.717, 1.165) is 47.3 Å². The summed E-state index contributed by atoms with van der Waals surface area (Å²) in [6, 6.07) is 15.9. The summed E-state index contributed by atoms with van der Waals surface area (Å²) in [6.45, 7) is 6.74. The summed E-state index contributed by atoms with van der Waals surface area (Å²) in [5.74, 6) is 1.25. The fraction of sp³-hybridized carbons (Fsp3) is 0.393. The molecule has 38 heavy (non-hydrogen) atoms. The average molecular weight is 536 g/mol. The Kier molecular flexibility index (Phi) is 9.25. The number of carbonyl (C=O) groups is 1. The summed E-state index contributed by atoms with van der Waals surface area (Å²) in [6.07, 6.45) is 2.83. The molecular formula is C28H34ClN7O2. The molecule has 2 aromatic carbocycles. The van der Waals surface area contributed by atoms with Gasteiger partial charge in [-0.1, -0.05) is 87.3 Å². The van der Waals surface area contributed by atoms with Crippen LogP contribution in [0.4, 0.5) is 0 Å². The summed E-state index contributed by atoms with van der Waals surface area (Å²) in [5, 5.41) is 17.9. The molecule has 0 bridgehead atoms. The number of imidazole rings is 1. The Morgan fingerprint density at radius 1 is 1.13 bits per heavy atom. The number of rotatable bonds is 12. The Hall–Kier alpha value is -3.56. The van der Waals surface area contributed by atoms with E-state index in [2.05, 4.69) is 66.7 Å². The van der Waals surface area contributed by atoms with Crippen molar-refractivity contribution in [1.82, 2.24) is 35.5 Å². The fourth-order valence-corrected chi connectivity index (χ4v) is 4.74. The Bertz CT molecular complexity index is 1330. The monoisotopic (exact) mass is 535 g/mol. The first kappa shape index (κ1) is 27.5. The topological polar surface area (TPSA) is 111 Å². The van der Waals surface area contributed by atoms with Gasteiger partial charge >= 0.3 is 5.97 Å². The van der Waals surface area contributed by atoms with Crippen molar-refractivity contribution in [3.05, 3.63) is 70.8 Å². The predicted molar refractivity (Wildman–Crippen MR) is 147 cm³/mol. The largest absolute Gasteiger partial charge is 0.458 e. The highest BCUT2D eigenvalue weighted by Crippen LogP contribution is 2.30. The van der Waals surface area contributed by atoms with Gasteiger partial charge in [0.2, 0.25) is 5.82 Å². The number of H-pyrrole nitrogens is 1. The summed E-state index contributed by atoms with van der Waals surface area (Å²) >= 11 is 6.57. The summed E-state index contributed by atoms with van der Waals surface area (Å²) in [7, 11) is 1.76. The number of esters is 1. The molecule has 0 saturated heterocycles. The summed E-state index contributed by atoms with van der Waals surface area (Å²) in [5.41, 5.74) is 4.76. The van der Waals surface area contributed by atoms with Gasteiger partial charge in [-0.15, -0.1) is 10.2 Å². The normalized spacial score (nSPS) is 12.2. The van der Waals surface area contributed by atoms with Crippen molar-refractivity contribution in [3.8, 4) is 22.5 Å². The second-order valence-electron chi connectivity index (χ2n) is 9.55. The number of aromatic amines is 1. The van der Waals surface area contributed by atoms with E-state index in [1.807, 2.05) is 38.1 Å². The molecule has 0 aliphatic rings. The van der Waals surface area contributed by atoms with Crippen LogP contribution < -0.4 is 5.32 Å². The van der Waals surface area contributed by atoms with Crippen LogP contribution in [-0.4, -0.2) is 49.2 Å². The van der Waals surface area contributed by atoms with Crippen molar-refractivity contribution < 1.29 is 9.53 Å². The van der Waals surface area contributed by atoms with Crippen LogP contribution in [-0.2, 0) is 29.1 Å². The number of likely N-dealkylation sites (N-methyl/N-ethyl adjacent to an activating group) is 1. The van der Waals surface area contributed by atoms with E-state index < -0.39 is 0 Å². The molecule has 1 atom stereocenters. The van der Waals surface area contributed by atoms with Gasteiger partial charge in [-0.25, -0.2) is 4.98 Å². The first-order valence-corrected chi connectivity index (χ1v) is 13.3. The van der Waals surface area contributed by atoms with E-state index >= 15 is 0 Å². The molecule has 4 aromatic rings. The number of nitrogens with one attached hydrogen (secondary N) is 2. The standard InChI is InChI=1S/C28H34ClN7O2/c1-5-6-11-24-31-26(29)23(17-38-28(37)25(30-4)18(2)3)36(24)16-19-12-14-20(15-13-19)21-9-7-8-10-22(21)27-32-34-35-33-27/h7-10,12-15,18,25,30H,5-6,11,16-17H2,1-4H3,(H,32,33,34,35)/t25-/m1/s1. The van der Waals surface area contributed by atoms with E-state index in [1.165, 1.54) is 0 Å². The van der Waals surface area contributed by atoms with Crippen LogP contribution in [0.1, 0.15) is 50.7 Å². The van der Waals surface area contributed by atoms with Crippen LogP contribution in [0.3, 0.4) is 0 Å². The number of hydrogen-bond acceptors (Lipinski definition) is 7. The minimum Gasteiger partial charge on any atom is -0.458 e. The van der Waals surface area contributed by atoms with Gasteiger partial charge in [0.25, 0.3) is 0 Å². The van der Waals surface area contributed by atoms with Gasteiger partial charge in [0, 0.05) is 18.5 Å². The number of nitrogens with zero attached hydrogens (tertiary/aromatic N) is 5. The SMILES string of the molecule is CCCCc1nc(Cl)c(COC(=O)[C@H](NC)C(C)C)n1Cc1ccc(-c2ccccc2-c2nn[nH]n2)cc1. The molecule has 10 heteroatoms. The molecule has 0 spiro atoms. The maximum atomic E-state index is 12.7. The molecule has 0 unspecified atom stereocenters. The van der Waals surface area contributed by atoms with Crippen LogP contribution in [0.25, 0.3) is 22.5 Å². The molecule has 2 aromatic heterocycles. The molecule has 0 amide bonds. The highest BCUT2D eigenvalue weighted by Gasteiger charge is 2.24. The molecule has 0 fully saturated rings. The van der Waals surface area contributed by atoms with Crippen LogP contribution in [0.5, 0.6) is 0 Å². The third-order valence-corrected chi connectivity index (χ3v) is 6.86. The van der Waals surface area contributed by atoms with Gasteiger partial charge < -0.3 is 14.6 Å². The van der Waals surface area contributed by atoms with E-state index in [4.69, 9.17) is 16.3 Å². The highest BCUT2D eigenvalue weighted by atomic mass is 35.5. The van der Waals surface area contributed by atoms with Crippen LogP contribution in [0.15, 0.2) is 48.5 Å². The lowest BCUT2D eigenvalue weighted by atomic mass is 9.98. The minimum absolute atomic E-state index is 0.0673. The Morgan fingerprint density at radius 2 is 1.87 bits per heavy atom. The number of halogens is 1. The maximum Gasteiger partial charge on any atom is 0.323 e. The average Bonchev–Trinajstić information content (AvgIpc) is 3.55. The number of unbranched alkanes of at least 4 members (excludes halogenated alkanes) is 1. The quantitative estimate of drug-likeness (QED) is 0.244. The minimum atomic E-state index is -0.382. The molecule has 2 heterocycles. The number of aryl methyl sites for hydroxylation is 1. The number of aromatic nitrogens is 6. The van der Waals surface area contributed by atoms with Gasteiger partial charge in [0.1, 0.15) is 18.5 Å². The van der Waals surface area contributed by atoms with Gasteiger partial charge in [-0.05, 0) is 41.3 Å². The van der Waals surface area contributed by atoms with Crippen molar-refractivity contribution in [3.63, 3.8) is 0 Å². The smallest absolute Gasteiger partial charge is 0.323 e. The number of benzene rings is 2. The Labute approximate surface area is 228 Å². The molecule has 4 rings (SSSR count). The Morgan fingerprint density at radius 3 is 2.50 bits per heavy atom. The van der Waals surface area contributed by atoms with E-state index in [1.54, 1.807) is 7.05 Å². The lowest BCUT2D eigenvalue weighted by Gasteiger charge is -2.19. The van der Waals surface area contributed by atoms with Crippen molar-refractivity contribution in [2.75, 3.05) is 7.05 Å². The number of hydrogen-bond donors (Lipinski definition) is 2. The molecule has 0 radical (unpaired) electrons. The van der Waals surface area contributed by atoms with Crippen molar-refractivity contribution in [1.29, 1.82) is 0 Å². The second kappa shape index (κ2) is 12.8. The van der Waals surface area contributed by atoms with Crippen LogP contribution in [0, 0.1) is 5.92 Å². The number of ether oxygens (including phenoxy) is 1. The molecule has 0 saturated carbocycles. The third-order valence-electron chi connectivity index (χ3n) is 6.56. The summed E-state index contributed by atoms with van der Waals surface area (Å²) < 4.78 is 7.76. The van der Waals surface area contributed by atoms with Crippen LogP contribution >= 0.6 is 11.6 Å². The number of tetrazole rings is 1. The predicted octanol–water partition coefficient (Wildman–Crippen LogP) is 5.06. The van der Waals surface area contributed by atoms with E-state index in [9.17, 15) is 4.79 Å². The lowest BCUT2D eigenvalue weighted by Crippen LogP contribution is -2.39. The maximum absolute atomic E-state index is 12.7. The van der Waals surface area contributed by atoms with E-state index in [-0.39, 0.29) is 24.5 Å². The zero-order chi connectivity index (χ0) is 27.1. The van der Waals surface area contributed by atoms with Gasteiger partial charge in [0.15, 0.2) is 5.15 Å². The first-order valence-electron chi connectivity index (χ1n) is 12.9. The van der Waals surface area contributed by atoms with Crippen LogP contribution in [0.2, 0.25) is 5.15 Å². The zero-order valence-corrected chi connectivity index (χ0v) is 23.0. The summed E-state index contributed by atoms with van der Waals surface area (Å²) in [4.78, 5) is 17.3. The molecule has 2 N–H and O–H groups in total. The van der Waals surface area contributed by atoms with Gasteiger partial charge in [-0.2, -0.15) is 5.21 Å². The van der Waals surface area contributed by atoms with Crippen molar-refractivity contribution in [2.24, 2.45) is 5.92 Å². The molecule has 200 valence electrons. The van der Waals surface area contributed by atoms with Gasteiger partial charge in [0.05, 0.1) is 5.69 Å². The lowest BCUT2D eigenvalue weighted by molar-refractivity contribution is -0.148. The number of carbonyl (C=O) groups excluding carboxylic acids is 1. The van der Waals surface area contributed by atoms with Crippen molar-refractivity contribution in [2.45, 2.75) is 59.2 Å². The highest BCUT2D eigenvalue weighted by molar-refractivity contribution is 6.30.